The maximum absolute atomic E-state index is 5.83. The van der Waals surface area contributed by atoms with Gasteiger partial charge in [-0.2, -0.15) is 0 Å². The zero-order valence-electron chi connectivity index (χ0n) is 11.9. The lowest BCUT2D eigenvalue weighted by molar-refractivity contribution is -0.173. The predicted octanol–water partition coefficient (Wildman–Crippen LogP) is 2.45. The molecule has 2 heterocycles. The first-order chi connectivity index (χ1) is 8.62. The fourth-order valence-electron chi connectivity index (χ4n) is 3.25. The molecule has 3 nitrogen and oxygen atoms in total. The summed E-state index contributed by atoms with van der Waals surface area (Å²) in [5.41, 5.74) is 0.789. The van der Waals surface area contributed by atoms with E-state index in [9.17, 15) is 0 Å². The summed E-state index contributed by atoms with van der Waals surface area (Å²) in [6, 6.07) is 0. The van der Waals surface area contributed by atoms with E-state index in [0.29, 0.717) is 17.1 Å². The lowest BCUT2D eigenvalue weighted by atomic mass is 9.84. The lowest BCUT2D eigenvalue weighted by Crippen LogP contribution is -2.53. The number of hydrogen-bond donors (Lipinski definition) is 0. The quantitative estimate of drug-likeness (QED) is 0.751. The molecule has 3 heteroatoms. The normalized spacial score (nSPS) is 29.5. The van der Waals surface area contributed by atoms with E-state index in [2.05, 4.69) is 18.7 Å². The van der Waals surface area contributed by atoms with Gasteiger partial charge in [0, 0.05) is 25.0 Å². The minimum atomic E-state index is 0.293. The second-order valence-corrected chi connectivity index (χ2v) is 6.92. The Kier molecular flexibility index (Phi) is 3.41. The van der Waals surface area contributed by atoms with Gasteiger partial charge in [0.25, 0.3) is 0 Å². The smallest absolute Gasteiger partial charge is 0.0728 e. The number of piperidine rings is 1. The van der Waals surface area contributed by atoms with Crippen LogP contribution in [0.4, 0.5) is 0 Å². The molecule has 3 fully saturated rings. The van der Waals surface area contributed by atoms with Gasteiger partial charge in [-0.25, -0.2) is 0 Å². The fourth-order valence-corrected chi connectivity index (χ4v) is 3.25. The largest absolute Gasteiger partial charge is 0.378 e. The van der Waals surface area contributed by atoms with Crippen LogP contribution in [0.5, 0.6) is 0 Å². The van der Waals surface area contributed by atoms with Crippen LogP contribution in [0.25, 0.3) is 0 Å². The molecule has 0 bridgehead atoms. The monoisotopic (exact) mass is 253 g/mol. The van der Waals surface area contributed by atoms with Crippen LogP contribution in [0.2, 0.25) is 0 Å². The van der Waals surface area contributed by atoms with Crippen LogP contribution >= 0.6 is 0 Å². The zero-order valence-corrected chi connectivity index (χ0v) is 11.9. The first-order valence-electron chi connectivity index (χ1n) is 7.60. The van der Waals surface area contributed by atoms with Crippen molar-refractivity contribution < 1.29 is 9.47 Å². The minimum Gasteiger partial charge on any atom is -0.378 e. The van der Waals surface area contributed by atoms with Gasteiger partial charge in [-0.1, -0.05) is 0 Å². The maximum Gasteiger partial charge on any atom is 0.0728 e. The molecule has 0 unspecified atom stereocenters. The van der Waals surface area contributed by atoms with Gasteiger partial charge in [-0.15, -0.1) is 0 Å². The summed E-state index contributed by atoms with van der Waals surface area (Å²) in [5.74, 6) is 0. The van der Waals surface area contributed by atoms with Gasteiger partial charge < -0.3 is 14.4 Å². The summed E-state index contributed by atoms with van der Waals surface area (Å²) in [7, 11) is 0. The van der Waals surface area contributed by atoms with Gasteiger partial charge in [0.2, 0.25) is 0 Å². The Morgan fingerprint density at radius 2 is 1.78 bits per heavy atom. The second-order valence-electron chi connectivity index (χ2n) is 6.92. The molecule has 2 saturated heterocycles. The molecule has 18 heavy (non-hydrogen) atoms. The van der Waals surface area contributed by atoms with E-state index in [1.165, 1.54) is 51.7 Å². The third-order valence-corrected chi connectivity index (χ3v) is 4.97. The maximum atomic E-state index is 5.83. The van der Waals surface area contributed by atoms with Crippen molar-refractivity contribution in [2.24, 2.45) is 5.41 Å². The number of hydrogen-bond acceptors (Lipinski definition) is 3. The molecule has 1 aliphatic carbocycles. The van der Waals surface area contributed by atoms with Crippen molar-refractivity contribution in [1.29, 1.82) is 0 Å². The summed E-state index contributed by atoms with van der Waals surface area (Å²) >= 11 is 0. The van der Waals surface area contributed by atoms with E-state index >= 15 is 0 Å². The van der Waals surface area contributed by atoms with Crippen LogP contribution < -0.4 is 0 Å². The molecular formula is C15H27NO2. The van der Waals surface area contributed by atoms with Crippen molar-refractivity contribution >= 4 is 0 Å². The average Bonchev–Trinajstić information content (AvgIpc) is 3.06. The van der Waals surface area contributed by atoms with Crippen molar-refractivity contribution in [3.63, 3.8) is 0 Å². The molecule has 0 aromatic heterocycles. The average molecular weight is 253 g/mol. The molecule has 0 radical (unpaired) electrons. The molecule has 0 N–H and O–H groups in total. The predicted molar refractivity (Wildman–Crippen MR) is 71.7 cm³/mol. The Hall–Kier alpha value is -0.120. The molecule has 0 aromatic carbocycles. The third kappa shape index (κ3) is 2.73. The van der Waals surface area contributed by atoms with Crippen LogP contribution in [0.1, 0.15) is 46.0 Å². The number of likely N-dealkylation sites (tertiary alicyclic amines) is 1. The first kappa shape index (κ1) is 12.9. The highest BCUT2D eigenvalue weighted by Gasteiger charge is 2.47. The summed E-state index contributed by atoms with van der Waals surface area (Å²) in [5, 5.41) is 0. The third-order valence-electron chi connectivity index (χ3n) is 4.97. The highest BCUT2D eigenvalue weighted by atomic mass is 16.5. The molecular weight excluding hydrogens is 226 g/mol. The van der Waals surface area contributed by atoms with Crippen molar-refractivity contribution in [2.75, 3.05) is 32.8 Å². The lowest BCUT2D eigenvalue weighted by Gasteiger charge is -2.48. The summed E-state index contributed by atoms with van der Waals surface area (Å²) < 4.78 is 11.6. The SMILES string of the molecule is CC(C)OCC1(CN2CCC3(CCO3)CC2)CC1. The van der Waals surface area contributed by atoms with E-state index in [1.807, 2.05) is 0 Å². The molecule has 3 rings (SSSR count). The van der Waals surface area contributed by atoms with Crippen molar-refractivity contribution in [3.05, 3.63) is 0 Å². The summed E-state index contributed by atoms with van der Waals surface area (Å²) in [6.07, 6.45) is 6.87. The molecule has 104 valence electrons. The fraction of sp³-hybridized carbons (Fsp3) is 1.00. The minimum absolute atomic E-state index is 0.293. The highest BCUT2D eigenvalue weighted by Crippen LogP contribution is 2.47. The topological polar surface area (TPSA) is 21.7 Å². The standard InChI is InChI=1S/C15H27NO2/c1-13(2)17-12-14(3-4-14)11-16-8-5-15(6-9-16)7-10-18-15/h13H,3-12H2,1-2H3. The van der Waals surface area contributed by atoms with E-state index in [1.54, 1.807) is 0 Å². The van der Waals surface area contributed by atoms with Crippen LogP contribution in [-0.4, -0.2) is 49.5 Å². The Balaban J connectivity index is 1.43. The van der Waals surface area contributed by atoms with Crippen molar-refractivity contribution in [2.45, 2.75) is 57.7 Å². The Bertz CT molecular complexity index is 285. The number of nitrogens with zero attached hydrogens (tertiary/aromatic N) is 1. The first-order valence-corrected chi connectivity index (χ1v) is 7.60. The van der Waals surface area contributed by atoms with Crippen LogP contribution in [0.15, 0.2) is 0 Å². The van der Waals surface area contributed by atoms with Gasteiger partial charge in [0.1, 0.15) is 0 Å². The molecule has 0 aromatic rings. The van der Waals surface area contributed by atoms with Gasteiger partial charge in [0.05, 0.1) is 24.9 Å². The summed E-state index contributed by atoms with van der Waals surface area (Å²) in [6.45, 7) is 9.92. The van der Waals surface area contributed by atoms with Crippen molar-refractivity contribution in [3.8, 4) is 0 Å². The summed E-state index contributed by atoms with van der Waals surface area (Å²) in [4.78, 5) is 2.64. The van der Waals surface area contributed by atoms with Gasteiger partial charge in [-0.05, 0) is 46.0 Å². The highest BCUT2D eigenvalue weighted by molar-refractivity contribution is 4.99. The van der Waals surface area contributed by atoms with E-state index in [4.69, 9.17) is 9.47 Å². The van der Waals surface area contributed by atoms with Crippen LogP contribution in [-0.2, 0) is 9.47 Å². The van der Waals surface area contributed by atoms with Gasteiger partial charge in [0.15, 0.2) is 0 Å². The number of ether oxygens (including phenoxy) is 2. The Morgan fingerprint density at radius 3 is 2.22 bits per heavy atom. The number of rotatable bonds is 5. The molecule has 2 aliphatic heterocycles. The zero-order chi connectivity index (χ0) is 12.6. The Labute approximate surface area is 111 Å². The van der Waals surface area contributed by atoms with Crippen LogP contribution in [0, 0.1) is 5.41 Å². The van der Waals surface area contributed by atoms with Crippen molar-refractivity contribution in [1.82, 2.24) is 4.90 Å². The van der Waals surface area contributed by atoms with Gasteiger partial charge >= 0.3 is 0 Å². The Morgan fingerprint density at radius 1 is 1.11 bits per heavy atom. The molecule has 3 aliphatic rings. The molecule has 0 amide bonds. The van der Waals surface area contributed by atoms with E-state index in [-0.39, 0.29) is 0 Å². The van der Waals surface area contributed by atoms with E-state index < -0.39 is 0 Å². The molecule has 1 spiro atoms. The second kappa shape index (κ2) is 4.77. The van der Waals surface area contributed by atoms with Gasteiger partial charge in [-0.3, -0.25) is 0 Å². The molecule has 0 atom stereocenters. The molecule has 1 saturated carbocycles. The van der Waals surface area contributed by atoms with E-state index in [0.717, 1.165) is 13.2 Å². The van der Waals surface area contributed by atoms with Crippen LogP contribution in [0.3, 0.4) is 0 Å².